The summed E-state index contributed by atoms with van der Waals surface area (Å²) >= 11 is 12.7. The third-order valence-corrected chi connectivity index (χ3v) is 8.85. The van der Waals surface area contributed by atoms with Crippen molar-refractivity contribution >= 4 is 42.5 Å². The number of anilines is 1. The molecular formula is C30H41Cl2N4O4P. The molecule has 0 saturated carbocycles. The molecule has 224 valence electrons. The van der Waals surface area contributed by atoms with Crippen molar-refractivity contribution in [2.24, 2.45) is 5.41 Å². The van der Waals surface area contributed by atoms with Gasteiger partial charge in [-0.25, -0.2) is 4.98 Å². The van der Waals surface area contributed by atoms with Crippen LogP contribution in [0.1, 0.15) is 77.5 Å². The maximum absolute atomic E-state index is 13.9. The molecule has 3 aromatic rings. The van der Waals surface area contributed by atoms with Crippen molar-refractivity contribution in [2.75, 3.05) is 18.1 Å². The number of hydrogen-bond donors (Lipinski definition) is 3. The fourth-order valence-electron chi connectivity index (χ4n) is 4.19. The summed E-state index contributed by atoms with van der Waals surface area (Å²) in [7, 11) is -3.54. The predicted octanol–water partition coefficient (Wildman–Crippen LogP) is 8.75. The van der Waals surface area contributed by atoms with Crippen molar-refractivity contribution in [2.45, 2.75) is 73.1 Å². The zero-order valence-corrected chi connectivity index (χ0v) is 27.4. The van der Waals surface area contributed by atoms with Crippen LogP contribution in [0, 0.1) is 5.41 Å². The monoisotopic (exact) mass is 622 g/mol. The molecule has 0 spiro atoms. The van der Waals surface area contributed by atoms with Gasteiger partial charge in [-0.1, -0.05) is 56.1 Å². The van der Waals surface area contributed by atoms with E-state index in [1.807, 2.05) is 67.5 Å². The first-order valence-corrected chi connectivity index (χ1v) is 16.0. The normalized spacial score (nSPS) is 14.5. The summed E-state index contributed by atoms with van der Waals surface area (Å²) in [6.45, 7) is 15.4. The van der Waals surface area contributed by atoms with Gasteiger partial charge in [0.2, 0.25) is 0 Å². The molecule has 1 amide bonds. The topological polar surface area (TPSA) is 105 Å². The Morgan fingerprint density at radius 2 is 1.80 bits per heavy atom. The molecule has 3 rings (SSSR count). The Labute approximate surface area is 253 Å². The molecule has 11 heteroatoms. The van der Waals surface area contributed by atoms with E-state index < -0.39 is 19.2 Å². The number of amides is 1. The van der Waals surface area contributed by atoms with Gasteiger partial charge in [0.1, 0.15) is 11.5 Å². The highest BCUT2D eigenvalue weighted by atomic mass is 35.5. The van der Waals surface area contributed by atoms with Crippen LogP contribution in [0.25, 0.3) is 11.1 Å². The molecule has 3 N–H and O–H groups in total. The molecule has 1 unspecified atom stereocenters. The number of nitrogens with zero attached hydrogens (tertiary/aromatic N) is 1. The lowest BCUT2D eigenvalue weighted by Gasteiger charge is -2.32. The molecule has 0 aliphatic heterocycles. The van der Waals surface area contributed by atoms with Crippen LogP contribution in [0.3, 0.4) is 0 Å². The minimum Gasteiger partial charge on any atom is -0.368 e. The average Bonchev–Trinajstić information content (AvgIpc) is 3.30. The molecule has 2 aromatic heterocycles. The second-order valence-electron chi connectivity index (χ2n) is 12.6. The Morgan fingerprint density at radius 3 is 2.41 bits per heavy atom. The van der Waals surface area contributed by atoms with Gasteiger partial charge in [0.25, 0.3) is 5.91 Å². The van der Waals surface area contributed by atoms with Crippen LogP contribution < -0.4 is 10.6 Å². The van der Waals surface area contributed by atoms with Crippen molar-refractivity contribution in [3.05, 3.63) is 70.1 Å². The van der Waals surface area contributed by atoms with E-state index in [0.717, 1.165) is 11.1 Å². The minimum atomic E-state index is -3.54. The highest BCUT2D eigenvalue weighted by Crippen LogP contribution is 2.55. The van der Waals surface area contributed by atoms with E-state index in [1.165, 1.54) is 0 Å². The number of aromatic amines is 1. The zero-order chi connectivity index (χ0) is 30.6. The maximum atomic E-state index is 13.9. The minimum absolute atomic E-state index is 0.0799. The highest BCUT2D eigenvalue weighted by molar-refractivity contribution is 7.53. The van der Waals surface area contributed by atoms with E-state index in [1.54, 1.807) is 36.7 Å². The number of carbonyl (C=O) groups excluding carboxylic acids is 1. The number of halogens is 2. The molecule has 0 radical (unpaired) electrons. The third kappa shape index (κ3) is 10.5. The molecule has 0 fully saturated rings. The van der Waals surface area contributed by atoms with E-state index >= 15 is 0 Å². The van der Waals surface area contributed by atoms with Gasteiger partial charge in [-0.05, 0) is 69.9 Å². The molecule has 2 atom stereocenters. The first-order chi connectivity index (χ1) is 18.9. The molecule has 1 aromatic carbocycles. The van der Waals surface area contributed by atoms with E-state index in [4.69, 9.17) is 32.2 Å². The Morgan fingerprint density at radius 1 is 1.10 bits per heavy atom. The van der Waals surface area contributed by atoms with Gasteiger partial charge in [-0.15, -0.1) is 0 Å². The summed E-state index contributed by atoms with van der Waals surface area (Å²) in [5.41, 5.74) is 1.50. The predicted molar refractivity (Wildman–Crippen MR) is 168 cm³/mol. The quantitative estimate of drug-likeness (QED) is 0.185. The SMILES string of the molecule is CC(C)Nc1cc(-c2c[nH]c(C(=O)N[C@H](COP(=O)(CC(C)(C)C)OC(C)(C)C)c3cccc(Cl)c3)c2)c(Cl)cn1. The molecule has 0 aliphatic carbocycles. The average molecular weight is 624 g/mol. The van der Waals surface area contributed by atoms with Crippen LogP contribution in [0.15, 0.2) is 48.8 Å². The summed E-state index contributed by atoms with van der Waals surface area (Å²) in [5.74, 6) is 0.305. The summed E-state index contributed by atoms with van der Waals surface area (Å²) in [4.78, 5) is 20.8. The summed E-state index contributed by atoms with van der Waals surface area (Å²) in [5, 5.41) is 7.23. The Hall–Kier alpha value is -2.35. The number of aromatic nitrogens is 2. The molecule has 0 saturated heterocycles. The first kappa shape index (κ1) is 33.2. The lowest BCUT2D eigenvalue weighted by Crippen LogP contribution is -2.32. The van der Waals surface area contributed by atoms with Gasteiger partial charge < -0.3 is 24.7 Å². The first-order valence-electron chi connectivity index (χ1n) is 13.5. The Bertz CT molecular complexity index is 1380. The third-order valence-electron chi connectivity index (χ3n) is 5.61. The van der Waals surface area contributed by atoms with E-state index in [0.29, 0.717) is 27.1 Å². The van der Waals surface area contributed by atoms with Crippen molar-refractivity contribution in [3.8, 4) is 11.1 Å². The summed E-state index contributed by atoms with van der Waals surface area (Å²) in [6, 6.07) is 10.2. The zero-order valence-electron chi connectivity index (χ0n) is 25.0. The summed E-state index contributed by atoms with van der Waals surface area (Å²) in [6.07, 6.45) is 3.51. The van der Waals surface area contributed by atoms with Crippen LogP contribution in [-0.2, 0) is 13.6 Å². The Balaban J connectivity index is 1.86. The number of benzene rings is 1. The van der Waals surface area contributed by atoms with Crippen LogP contribution in [0.5, 0.6) is 0 Å². The van der Waals surface area contributed by atoms with Gasteiger partial charge in [0.05, 0.1) is 29.4 Å². The number of rotatable bonds is 11. The van der Waals surface area contributed by atoms with Crippen LogP contribution >= 0.6 is 30.8 Å². The Kier molecular flexibility index (Phi) is 10.8. The molecule has 8 nitrogen and oxygen atoms in total. The van der Waals surface area contributed by atoms with E-state index in [2.05, 4.69) is 20.6 Å². The van der Waals surface area contributed by atoms with Crippen molar-refractivity contribution in [1.82, 2.24) is 15.3 Å². The number of pyridine rings is 1. The molecule has 2 heterocycles. The second kappa shape index (κ2) is 13.3. The number of H-pyrrole nitrogens is 1. The number of hydrogen-bond acceptors (Lipinski definition) is 6. The van der Waals surface area contributed by atoms with E-state index in [9.17, 15) is 9.36 Å². The van der Waals surface area contributed by atoms with Crippen molar-refractivity contribution < 1.29 is 18.4 Å². The van der Waals surface area contributed by atoms with Crippen LogP contribution in [0.2, 0.25) is 10.0 Å². The lowest BCUT2D eigenvalue weighted by atomic mass is 10.0. The largest absolute Gasteiger partial charge is 0.368 e. The standard InChI is InChI=1S/C30H41Cl2N4O4P/c1-19(2)35-27-14-23(24(32)16-34-27)21-13-25(33-15-21)28(37)36-26(20-10-9-11-22(31)12-20)17-39-41(38,18-29(3,4)5)40-30(6,7)8/h9-16,19,26,33H,17-18H2,1-8H3,(H,34,35)(H,36,37)/t26-,41?/m1/s1. The van der Waals surface area contributed by atoms with Gasteiger partial charge in [0, 0.05) is 34.6 Å². The highest BCUT2D eigenvalue weighted by Gasteiger charge is 2.36. The number of carbonyl (C=O) groups is 1. The molecule has 0 bridgehead atoms. The lowest BCUT2D eigenvalue weighted by molar-refractivity contribution is 0.0804. The van der Waals surface area contributed by atoms with Crippen LogP contribution in [-0.4, -0.2) is 40.3 Å². The van der Waals surface area contributed by atoms with Crippen LogP contribution in [0.4, 0.5) is 5.82 Å². The van der Waals surface area contributed by atoms with Gasteiger partial charge in [0.15, 0.2) is 0 Å². The molecular weight excluding hydrogens is 582 g/mol. The van der Waals surface area contributed by atoms with E-state index in [-0.39, 0.29) is 30.1 Å². The van der Waals surface area contributed by atoms with Crippen molar-refractivity contribution in [3.63, 3.8) is 0 Å². The summed E-state index contributed by atoms with van der Waals surface area (Å²) < 4.78 is 25.9. The fourth-order valence-corrected chi connectivity index (χ4v) is 7.18. The molecule has 41 heavy (non-hydrogen) atoms. The van der Waals surface area contributed by atoms with Gasteiger partial charge in [-0.2, -0.15) is 0 Å². The van der Waals surface area contributed by atoms with Crippen molar-refractivity contribution in [1.29, 1.82) is 0 Å². The fraction of sp³-hybridized carbons (Fsp3) is 0.467. The van der Waals surface area contributed by atoms with Gasteiger partial charge in [-0.3, -0.25) is 9.36 Å². The maximum Gasteiger partial charge on any atom is 0.331 e. The second-order valence-corrected chi connectivity index (χ2v) is 15.4. The smallest absolute Gasteiger partial charge is 0.331 e. The van der Waals surface area contributed by atoms with Gasteiger partial charge >= 0.3 is 7.60 Å². The number of nitrogens with one attached hydrogen (secondary N) is 3. The molecule has 0 aliphatic rings.